The maximum atomic E-state index is 12.9. The van der Waals surface area contributed by atoms with Gasteiger partial charge in [-0.2, -0.15) is 13.2 Å². The zero-order valence-electron chi connectivity index (χ0n) is 15.4. The average molecular weight is 413 g/mol. The quantitative estimate of drug-likeness (QED) is 0.408. The van der Waals surface area contributed by atoms with Crippen molar-refractivity contribution in [3.05, 3.63) is 64.0 Å². The van der Waals surface area contributed by atoms with Crippen molar-refractivity contribution in [3.8, 4) is 5.75 Å². The van der Waals surface area contributed by atoms with Crippen LogP contribution in [0.3, 0.4) is 0 Å². The van der Waals surface area contributed by atoms with Crippen LogP contribution in [0.25, 0.3) is 0 Å². The molecule has 10 heteroatoms. The topological polar surface area (TPSA) is 58.9 Å². The third-order valence-electron chi connectivity index (χ3n) is 4.70. The Bertz CT molecular complexity index is 851. The molecule has 1 fully saturated rings. The molecular weight excluding hydrogens is 394 g/mol. The number of ether oxygens (including phenoxy) is 1. The first-order chi connectivity index (χ1) is 13.7. The van der Waals surface area contributed by atoms with Crippen molar-refractivity contribution in [2.45, 2.75) is 6.18 Å². The first kappa shape index (κ1) is 20.8. The lowest BCUT2D eigenvalue weighted by Gasteiger charge is -2.35. The van der Waals surface area contributed by atoms with Crippen LogP contribution in [-0.4, -0.2) is 49.2 Å². The van der Waals surface area contributed by atoms with Gasteiger partial charge in [0.1, 0.15) is 23.9 Å². The Kier molecular flexibility index (Phi) is 6.21. The van der Waals surface area contributed by atoms with E-state index in [-0.39, 0.29) is 11.5 Å². The highest BCUT2D eigenvalue weighted by Gasteiger charge is 2.34. The van der Waals surface area contributed by atoms with Gasteiger partial charge in [0.2, 0.25) is 0 Å². The monoisotopic (exact) mass is 413 g/mol. The lowest BCUT2D eigenvalue weighted by atomic mass is 10.1. The van der Waals surface area contributed by atoms with Gasteiger partial charge in [-0.3, -0.25) is 15.0 Å². The van der Waals surface area contributed by atoms with Gasteiger partial charge in [-0.1, -0.05) is 0 Å². The molecule has 0 amide bonds. The number of rotatable bonds is 6. The van der Waals surface area contributed by atoms with Crippen molar-refractivity contribution in [2.24, 2.45) is 0 Å². The summed E-state index contributed by atoms with van der Waals surface area (Å²) in [6, 6.07) is 8.31. The van der Waals surface area contributed by atoms with E-state index in [2.05, 4.69) is 4.90 Å². The molecule has 0 radical (unpaired) electrons. The minimum atomic E-state index is -4.63. The number of piperazine rings is 1. The number of hydrogen-bond donors (Lipinski definition) is 0. The summed E-state index contributed by atoms with van der Waals surface area (Å²) in [4.78, 5) is 14.3. The summed E-state index contributed by atoms with van der Waals surface area (Å²) < 4.78 is 57.0. The highest BCUT2D eigenvalue weighted by atomic mass is 19.4. The lowest BCUT2D eigenvalue weighted by molar-refractivity contribution is -0.384. The Morgan fingerprint density at radius 3 is 2.28 bits per heavy atom. The van der Waals surface area contributed by atoms with Gasteiger partial charge in [-0.15, -0.1) is 0 Å². The lowest BCUT2D eigenvalue weighted by Crippen LogP contribution is -2.47. The fourth-order valence-corrected chi connectivity index (χ4v) is 3.15. The molecule has 29 heavy (non-hydrogen) atoms. The molecule has 0 aliphatic carbocycles. The number of benzene rings is 2. The molecule has 0 aromatic heterocycles. The van der Waals surface area contributed by atoms with Crippen LogP contribution in [0, 0.1) is 15.9 Å². The van der Waals surface area contributed by atoms with Crippen LogP contribution in [-0.2, 0) is 6.18 Å². The minimum Gasteiger partial charge on any atom is -0.492 e. The van der Waals surface area contributed by atoms with Gasteiger partial charge < -0.3 is 9.64 Å². The summed E-state index contributed by atoms with van der Waals surface area (Å²) in [5.74, 6) is 0.219. The molecule has 6 nitrogen and oxygen atoms in total. The van der Waals surface area contributed by atoms with Crippen molar-refractivity contribution in [1.82, 2.24) is 4.90 Å². The Morgan fingerprint density at radius 1 is 1.03 bits per heavy atom. The fourth-order valence-electron chi connectivity index (χ4n) is 3.15. The molecule has 0 atom stereocenters. The molecule has 1 aliphatic heterocycles. The molecule has 1 heterocycles. The molecule has 2 aromatic carbocycles. The molecule has 0 saturated carbocycles. The molecule has 0 bridgehead atoms. The number of nitro groups is 1. The van der Waals surface area contributed by atoms with Gasteiger partial charge in [0, 0.05) is 38.8 Å². The Labute approximate surface area is 164 Å². The number of nitro benzene ring substituents is 1. The van der Waals surface area contributed by atoms with E-state index >= 15 is 0 Å². The van der Waals surface area contributed by atoms with Gasteiger partial charge in [0.05, 0.1) is 10.5 Å². The standard InChI is InChI=1S/C19H19F4N3O3/c20-15-2-4-16(5-3-15)29-12-11-24-7-9-25(10-8-24)17-6-1-14(19(21,22)23)13-18(17)26(27)28/h1-6,13H,7-12H2. The van der Waals surface area contributed by atoms with E-state index in [0.717, 1.165) is 12.1 Å². The van der Waals surface area contributed by atoms with Crippen molar-refractivity contribution < 1.29 is 27.2 Å². The number of nitrogens with zero attached hydrogens (tertiary/aromatic N) is 3. The van der Waals surface area contributed by atoms with Crippen molar-refractivity contribution in [1.29, 1.82) is 0 Å². The van der Waals surface area contributed by atoms with Gasteiger partial charge >= 0.3 is 6.18 Å². The molecule has 0 N–H and O–H groups in total. The third kappa shape index (κ3) is 5.35. The first-order valence-corrected chi connectivity index (χ1v) is 8.95. The summed E-state index contributed by atoms with van der Waals surface area (Å²) >= 11 is 0. The number of alkyl halides is 3. The summed E-state index contributed by atoms with van der Waals surface area (Å²) in [5.41, 5.74) is -1.40. The SMILES string of the molecule is O=[N+]([O-])c1cc(C(F)(F)F)ccc1N1CCN(CCOc2ccc(F)cc2)CC1. The van der Waals surface area contributed by atoms with Crippen LogP contribution >= 0.6 is 0 Å². The predicted molar refractivity (Wildman–Crippen MR) is 98.6 cm³/mol. The second-order valence-corrected chi connectivity index (χ2v) is 6.59. The summed E-state index contributed by atoms with van der Waals surface area (Å²) in [6.45, 7) is 3.08. The molecular formula is C19H19F4N3O3. The van der Waals surface area contributed by atoms with Crippen LogP contribution in [0.4, 0.5) is 28.9 Å². The minimum absolute atomic E-state index is 0.185. The van der Waals surface area contributed by atoms with Crippen LogP contribution in [0.15, 0.2) is 42.5 Å². The largest absolute Gasteiger partial charge is 0.492 e. The van der Waals surface area contributed by atoms with E-state index < -0.39 is 22.4 Å². The molecule has 2 aromatic rings. The molecule has 0 spiro atoms. The van der Waals surface area contributed by atoms with Crippen molar-refractivity contribution in [2.75, 3.05) is 44.2 Å². The number of hydrogen-bond acceptors (Lipinski definition) is 5. The highest BCUT2D eigenvalue weighted by Crippen LogP contribution is 2.36. The Morgan fingerprint density at radius 2 is 1.69 bits per heavy atom. The maximum Gasteiger partial charge on any atom is 0.416 e. The fraction of sp³-hybridized carbons (Fsp3) is 0.368. The predicted octanol–water partition coefficient (Wildman–Crippen LogP) is 3.95. The van der Waals surface area contributed by atoms with Gasteiger partial charge in [-0.05, 0) is 36.4 Å². The highest BCUT2D eigenvalue weighted by molar-refractivity contribution is 5.65. The van der Waals surface area contributed by atoms with E-state index in [1.165, 1.54) is 24.3 Å². The molecule has 3 rings (SSSR count). The smallest absolute Gasteiger partial charge is 0.416 e. The molecule has 156 valence electrons. The van der Waals surface area contributed by atoms with Crippen molar-refractivity contribution >= 4 is 11.4 Å². The van der Waals surface area contributed by atoms with Crippen LogP contribution in [0.5, 0.6) is 5.75 Å². The van der Waals surface area contributed by atoms with E-state index in [1.54, 1.807) is 4.90 Å². The zero-order valence-corrected chi connectivity index (χ0v) is 15.4. The van der Waals surface area contributed by atoms with Crippen LogP contribution < -0.4 is 9.64 Å². The number of anilines is 1. The summed E-state index contributed by atoms with van der Waals surface area (Å²) in [6.07, 6.45) is -4.63. The molecule has 1 saturated heterocycles. The second-order valence-electron chi connectivity index (χ2n) is 6.59. The second kappa shape index (κ2) is 8.64. The summed E-state index contributed by atoms with van der Waals surface area (Å²) in [7, 11) is 0. The Hall–Kier alpha value is -2.88. The Balaban J connectivity index is 1.56. The zero-order chi connectivity index (χ0) is 21.0. The van der Waals surface area contributed by atoms with Crippen molar-refractivity contribution in [3.63, 3.8) is 0 Å². The summed E-state index contributed by atoms with van der Waals surface area (Å²) in [5, 5.41) is 11.3. The van der Waals surface area contributed by atoms with Crippen LogP contribution in [0.1, 0.15) is 5.56 Å². The van der Waals surface area contributed by atoms with Gasteiger partial charge in [-0.25, -0.2) is 4.39 Å². The number of halogens is 4. The van der Waals surface area contributed by atoms with Gasteiger partial charge in [0.15, 0.2) is 0 Å². The molecule has 0 unspecified atom stereocenters. The molecule has 1 aliphatic rings. The van der Waals surface area contributed by atoms with E-state index in [9.17, 15) is 27.7 Å². The van der Waals surface area contributed by atoms with Crippen LogP contribution in [0.2, 0.25) is 0 Å². The van der Waals surface area contributed by atoms with E-state index in [4.69, 9.17) is 4.74 Å². The van der Waals surface area contributed by atoms with Gasteiger partial charge in [0.25, 0.3) is 5.69 Å². The average Bonchev–Trinajstić information content (AvgIpc) is 2.69. The maximum absolute atomic E-state index is 12.9. The van der Waals surface area contributed by atoms with E-state index in [1.807, 2.05) is 0 Å². The van der Waals surface area contributed by atoms with E-state index in [0.29, 0.717) is 51.1 Å². The first-order valence-electron chi connectivity index (χ1n) is 8.95. The normalized spacial score (nSPS) is 15.4. The third-order valence-corrected chi connectivity index (χ3v) is 4.70.